The van der Waals surface area contributed by atoms with E-state index in [2.05, 4.69) is 4.98 Å². The third-order valence-corrected chi connectivity index (χ3v) is 2.66. The maximum absolute atomic E-state index is 13.1. The van der Waals surface area contributed by atoms with Crippen LogP contribution in [0, 0.1) is 11.6 Å². The lowest BCUT2D eigenvalue weighted by Gasteiger charge is -2.07. The molecule has 0 fully saturated rings. The van der Waals surface area contributed by atoms with Gasteiger partial charge in [0.05, 0.1) is 12.2 Å². The van der Waals surface area contributed by atoms with Crippen molar-refractivity contribution in [3.05, 3.63) is 59.4 Å². The summed E-state index contributed by atoms with van der Waals surface area (Å²) in [6, 6.07) is 5.10. The highest BCUT2D eigenvalue weighted by Crippen LogP contribution is 2.18. The lowest BCUT2D eigenvalue weighted by molar-refractivity contribution is 0.0510. The number of nitrogens with two attached hydrogens (primary N) is 1. The summed E-state index contributed by atoms with van der Waals surface area (Å²) in [6.45, 7) is 0.100. The van der Waals surface area contributed by atoms with E-state index in [1.54, 1.807) is 18.5 Å². The first kappa shape index (κ1) is 13.9. The second-order valence-electron chi connectivity index (χ2n) is 4.10. The zero-order chi connectivity index (χ0) is 14.5. The van der Waals surface area contributed by atoms with Crippen molar-refractivity contribution in [3.63, 3.8) is 0 Å². The molecule has 6 heteroatoms. The number of hydrogen-bond donors (Lipinski definition) is 1. The molecule has 20 heavy (non-hydrogen) atoms. The largest absolute Gasteiger partial charge is 0.462 e. The van der Waals surface area contributed by atoms with E-state index in [4.69, 9.17) is 10.5 Å². The van der Waals surface area contributed by atoms with E-state index in [0.717, 1.165) is 17.7 Å². The molecule has 2 rings (SSSR count). The van der Waals surface area contributed by atoms with Gasteiger partial charge in [0.2, 0.25) is 0 Å². The monoisotopic (exact) mass is 278 g/mol. The summed E-state index contributed by atoms with van der Waals surface area (Å²) >= 11 is 0. The zero-order valence-electron chi connectivity index (χ0n) is 10.5. The Balaban J connectivity index is 1.97. The van der Waals surface area contributed by atoms with Gasteiger partial charge in [-0.05, 0) is 17.7 Å². The van der Waals surface area contributed by atoms with Gasteiger partial charge in [0, 0.05) is 30.6 Å². The van der Waals surface area contributed by atoms with Crippen LogP contribution in [0.2, 0.25) is 0 Å². The maximum Gasteiger partial charge on any atom is 0.340 e. The number of anilines is 1. The molecular weight excluding hydrogens is 266 g/mol. The minimum absolute atomic E-state index is 0.100. The highest BCUT2D eigenvalue weighted by Gasteiger charge is 2.15. The van der Waals surface area contributed by atoms with E-state index in [9.17, 15) is 13.6 Å². The van der Waals surface area contributed by atoms with Crippen LogP contribution in [0.4, 0.5) is 14.5 Å². The second-order valence-corrected chi connectivity index (χ2v) is 4.10. The van der Waals surface area contributed by atoms with Gasteiger partial charge in [-0.15, -0.1) is 0 Å². The summed E-state index contributed by atoms with van der Waals surface area (Å²) < 4.78 is 30.9. The highest BCUT2D eigenvalue weighted by molar-refractivity contribution is 5.95. The average Bonchev–Trinajstić information content (AvgIpc) is 2.44. The van der Waals surface area contributed by atoms with Crippen LogP contribution in [-0.4, -0.2) is 17.6 Å². The smallest absolute Gasteiger partial charge is 0.340 e. The Morgan fingerprint density at radius 1 is 1.30 bits per heavy atom. The zero-order valence-corrected chi connectivity index (χ0v) is 10.5. The van der Waals surface area contributed by atoms with Crippen LogP contribution in [0.1, 0.15) is 15.9 Å². The molecule has 0 atom stereocenters. The second kappa shape index (κ2) is 6.10. The Morgan fingerprint density at radius 2 is 2.05 bits per heavy atom. The summed E-state index contributed by atoms with van der Waals surface area (Å²) in [4.78, 5) is 15.6. The molecule has 2 aromatic rings. The normalized spacial score (nSPS) is 10.3. The SMILES string of the molecule is Nc1cc(F)c(F)cc1C(=O)OCCc1cccnc1. The Kier molecular flexibility index (Phi) is 4.24. The van der Waals surface area contributed by atoms with E-state index in [0.29, 0.717) is 6.42 Å². The van der Waals surface area contributed by atoms with Crippen molar-refractivity contribution in [2.75, 3.05) is 12.3 Å². The number of aromatic nitrogens is 1. The number of nitrogens with zero attached hydrogens (tertiary/aromatic N) is 1. The summed E-state index contributed by atoms with van der Waals surface area (Å²) in [5.74, 6) is -3.03. The van der Waals surface area contributed by atoms with E-state index in [-0.39, 0.29) is 17.9 Å². The van der Waals surface area contributed by atoms with Gasteiger partial charge in [-0.2, -0.15) is 0 Å². The molecule has 0 aliphatic carbocycles. The fourth-order valence-electron chi connectivity index (χ4n) is 1.62. The fraction of sp³-hybridized carbons (Fsp3) is 0.143. The van der Waals surface area contributed by atoms with Crippen LogP contribution in [0.5, 0.6) is 0 Å². The summed E-state index contributed by atoms with van der Waals surface area (Å²) in [7, 11) is 0. The number of ether oxygens (including phenoxy) is 1. The number of pyridine rings is 1. The van der Waals surface area contributed by atoms with Crippen LogP contribution in [0.3, 0.4) is 0 Å². The first-order valence-electron chi connectivity index (χ1n) is 5.88. The standard InChI is InChI=1S/C14H12F2N2O2/c15-11-6-10(13(17)7-12(11)16)14(19)20-5-3-9-2-1-4-18-8-9/h1-2,4,6-8H,3,5,17H2. The number of halogens is 2. The van der Waals surface area contributed by atoms with Crippen molar-refractivity contribution in [3.8, 4) is 0 Å². The lowest BCUT2D eigenvalue weighted by Crippen LogP contribution is -2.11. The third-order valence-electron chi connectivity index (χ3n) is 2.66. The number of esters is 1. The van der Waals surface area contributed by atoms with Gasteiger partial charge in [0.1, 0.15) is 0 Å². The van der Waals surface area contributed by atoms with Crippen LogP contribution >= 0.6 is 0 Å². The van der Waals surface area contributed by atoms with Gasteiger partial charge in [0.25, 0.3) is 0 Å². The van der Waals surface area contributed by atoms with Crippen LogP contribution < -0.4 is 5.73 Å². The predicted octanol–water partition coefficient (Wildman–Crippen LogP) is 2.34. The van der Waals surface area contributed by atoms with Gasteiger partial charge in [0.15, 0.2) is 11.6 Å². The Labute approximate surface area is 114 Å². The Bertz CT molecular complexity index is 618. The number of nitrogen functional groups attached to an aromatic ring is 1. The Hall–Kier alpha value is -2.50. The molecular formula is C14H12F2N2O2. The molecule has 0 amide bonds. The van der Waals surface area contributed by atoms with Crippen LogP contribution in [-0.2, 0) is 11.2 Å². The molecule has 0 spiro atoms. The maximum atomic E-state index is 13.1. The molecule has 0 bridgehead atoms. The van der Waals surface area contributed by atoms with Gasteiger partial charge in [-0.25, -0.2) is 13.6 Å². The van der Waals surface area contributed by atoms with E-state index in [1.807, 2.05) is 6.07 Å². The third kappa shape index (κ3) is 3.28. The van der Waals surface area contributed by atoms with Crippen molar-refractivity contribution in [2.24, 2.45) is 0 Å². The first-order chi connectivity index (χ1) is 9.58. The molecule has 1 heterocycles. The number of carbonyl (C=O) groups is 1. The van der Waals surface area contributed by atoms with E-state index in [1.165, 1.54) is 0 Å². The van der Waals surface area contributed by atoms with Crippen molar-refractivity contribution >= 4 is 11.7 Å². The van der Waals surface area contributed by atoms with Crippen LogP contribution in [0.25, 0.3) is 0 Å². The van der Waals surface area contributed by atoms with E-state index < -0.39 is 17.6 Å². The molecule has 1 aromatic heterocycles. The van der Waals surface area contributed by atoms with E-state index >= 15 is 0 Å². The topological polar surface area (TPSA) is 65.2 Å². The van der Waals surface area contributed by atoms with Crippen molar-refractivity contribution in [1.29, 1.82) is 0 Å². The number of rotatable bonds is 4. The molecule has 0 aliphatic heterocycles. The molecule has 0 radical (unpaired) electrons. The lowest BCUT2D eigenvalue weighted by atomic mass is 10.1. The first-order valence-corrected chi connectivity index (χ1v) is 5.88. The molecule has 2 N–H and O–H groups in total. The minimum Gasteiger partial charge on any atom is -0.462 e. The predicted molar refractivity (Wildman–Crippen MR) is 69.0 cm³/mol. The Morgan fingerprint density at radius 3 is 2.75 bits per heavy atom. The van der Waals surface area contributed by atoms with Crippen molar-refractivity contribution in [2.45, 2.75) is 6.42 Å². The number of hydrogen-bond acceptors (Lipinski definition) is 4. The molecule has 104 valence electrons. The molecule has 0 unspecified atom stereocenters. The molecule has 4 nitrogen and oxygen atoms in total. The summed E-state index contributed by atoms with van der Waals surface area (Å²) in [5.41, 5.74) is 6.02. The molecule has 0 saturated heterocycles. The van der Waals surface area contributed by atoms with Crippen molar-refractivity contribution in [1.82, 2.24) is 4.98 Å². The van der Waals surface area contributed by atoms with Crippen LogP contribution in [0.15, 0.2) is 36.7 Å². The molecule has 1 aromatic carbocycles. The van der Waals surface area contributed by atoms with Gasteiger partial charge in [-0.3, -0.25) is 4.98 Å². The quantitative estimate of drug-likeness (QED) is 0.688. The minimum atomic E-state index is -1.14. The fourth-order valence-corrected chi connectivity index (χ4v) is 1.62. The highest BCUT2D eigenvalue weighted by atomic mass is 19.2. The summed E-state index contributed by atoms with van der Waals surface area (Å²) in [5, 5.41) is 0. The van der Waals surface area contributed by atoms with Crippen molar-refractivity contribution < 1.29 is 18.3 Å². The van der Waals surface area contributed by atoms with Gasteiger partial charge < -0.3 is 10.5 Å². The van der Waals surface area contributed by atoms with Gasteiger partial charge in [-0.1, -0.05) is 6.07 Å². The molecule has 0 aliphatic rings. The average molecular weight is 278 g/mol. The molecule has 0 saturated carbocycles. The number of carbonyl (C=O) groups excluding carboxylic acids is 1. The number of benzene rings is 1. The van der Waals surface area contributed by atoms with Gasteiger partial charge >= 0.3 is 5.97 Å². The summed E-state index contributed by atoms with van der Waals surface area (Å²) in [6.07, 6.45) is 3.76.